The zero-order valence-corrected chi connectivity index (χ0v) is 13.7. The maximum atomic E-state index is 13.5. The van der Waals surface area contributed by atoms with E-state index < -0.39 is 11.8 Å². The number of rotatable bonds is 5. The van der Waals surface area contributed by atoms with Crippen LogP contribution >= 0.6 is 0 Å². The molecule has 0 spiro atoms. The standard InChI is InChI=1S/C19H16FNO4/c1-24-17-10-14(11-3-4-16-12(7-11)5-6-21-16)18(25-2)9-13(17)8-15(20)19(22)23/h3-10,21H,1-2H3,(H,22,23). The number of aromatic amines is 1. The summed E-state index contributed by atoms with van der Waals surface area (Å²) in [5.74, 6) is -2.08. The van der Waals surface area contributed by atoms with Gasteiger partial charge in [0.15, 0.2) is 0 Å². The van der Waals surface area contributed by atoms with E-state index in [1.54, 1.807) is 12.1 Å². The minimum Gasteiger partial charge on any atom is -0.496 e. The minimum absolute atomic E-state index is 0.283. The van der Waals surface area contributed by atoms with Gasteiger partial charge >= 0.3 is 5.97 Å². The van der Waals surface area contributed by atoms with Crippen molar-refractivity contribution in [1.29, 1.82) is 0 Å². The van der Waals surface area contributed by atoms with E-state index in [9.17, 15) is 9.18 Å². The lowest BCUT2D eigenvalue weighted by molar-refractivity contribution is -0.134. The Kier molecular flexibility index (Phi) is 4.43. The van der Waals surface area contributed by atoms with E-state index in [-0.39, 0.29) is 5.56 Å². The number of halogens is 1. The van der Waals surface area contributed by atoms with Gasteiger partial charge in [-0.1, -0.05) is 6.07 Å². The van der Waals surface area contributed by atoms with Crippen molar-refractivity contribution in [3.8, 4) is 22.6 Å². The Morgan fingerprint density at radius 2 is 1.88 bits per heavy atom. The third-order valence-corrected chi connectivity index (χ3v) is 3.90. The Morgan fingerprint density at radius 1 is 1.12 bits per heavy atom. The number of benzene rings is 2. The van der Waals surface area contributed by atoms with E-state index in [0.29, 0.717) is 11.5 Å². The molecule has 2 aromatic carbocycles. The normalized spacial score (nSPS) is 11.6. The van der Waals surface area contributed by atoms with Crippen LogP contribution in [0.2, 0.25) is 0 Å². The van der Waals surface area contributed by atoms with Crippen LogP contribution in [0.1, 0.15) is 5.56 Å². The molecule has 0 radical (unpaired) electrons. The highest BCUT2D eigenvalue weighted by molar-refractivity contribution is 5.91. The lowest BCUT2D eigenvalue weighted by Crippen LogP contribution is -1.97. The molecule has 6 heteroatoms. The van der Waals surface area contributed by atoms with E-state index in [2.05, 4.69) is 4.98 Å². The summed E-state index contributed by atoms with van der Waals surface area (Å²) in [5.41, 5.74) is 2.95. The topological polar surface area (TPSA) is 71.5 Å². The largest absolute Gasteiger partial charge is 0.496 e. The van der Waals surface area contributed by atoms with E-state index in [1.165, 1.54) is 14.2 Å². The van der Waals surface area contributed by atoms with E-state index >= 15 is 0 Å². The van der Waals surface area contributed by atoms with Crippen LogP contribution in [-0.2, 0) is 4.79 Å². The molecule has 3 aromatic rings. The summed E-state index contributed by atoms with van der Waals surface area (Å²) in [7, 11) is 2.94. The fourth-order valence-corrected chi connectivity index (χ4v) is 2.68. The Hall–Kier alpha value is -3.28. The van der Waals surface area contributed by atoms with Crippen LogP contribution in [0.25, 0.3) is 28.1 Å². The third kappa shape index (κ3) is 3.19. The molecular weight excluding hydrogens is 325 g/mol. The molecule has 3 rings (SSSR count). The quantitative estimate of drug-likeness (QED) is 0.681. The van der Waals surface area contributed by atoms with Crippen molar-refractivity contribution in [3.05, 3.63) is 54.0 Å². The Balaban J connectivity index is 2.16. The SMILES string of the molecule is COc1cc(-c2ccc3[nH]ccc3c2)c(OC)cc1C=C(F)C(=O)O. The van der Waals surface area contributed by atoms with Crippen LogP contribution in [0.3, 0.4) is 0 Å². The summed E-state index contributed by atoms with van der Waals surface area (Å²) in [6.45, 7) is 0. The van der Waals surface area contributed by atoms with Gasteiger partial charge in [-0.05, 0) is 47.4 Å². The second kappa shape index (κ2) is 6.68. The second-order valence-corrected chi connectivity index (χ2v) is 5.37. The first-order chi connectivity index (χ1) is 12.0. The first-order valence-electron chi connectivity index (χ1n) is 7.47. The number of H-pyrrole nitrogens is 1. The molecule has 0 saturated carbocycles. The molecule has 0 aliphatic heterocycles. The first-order valence-corrected chi connectivity index (χ1v) is 7.47. The van der Waals surface area contributed by atoms with Crippen molar-refractivity contribution < 1.29 is 23.8 Å². The number of carbonyl (C=O) groups is 1. The highest BCUT2D eigenvalue weighted by Crippen LogP contribution is 2.38. The molecular formula is C19H16FNO4. The van der Waals surface area contributed by atoms with Crippen molar-refractivity contribution in [3.63, 3.8) is 0 Å². The minimum atomic E-state index is -1.64. The van der Waals surface area contributed by atoms with E-state index in [1.807, 2.05) is 30.5 Å². The Morgan fingerprint density at radius 3 is 2.56 bits per heavy atom. The van der Waals surface area contributed by atoms with Crippen LogP contribution in [-0.4, -0.2) is 30.3 Å². The number of fused-ring (bicyclic) bond motifs is 1. The molecule has 25 heavy (non-hydrogen) atoms. The zero-order valence-electron chi connectivity index (χ0n) is 13.7. The van der Waals surface area contributed by atoms with Gasteiger partial charge in [0.2, 0.25) is 5.83 Å². The summed E-state index contributed by atoms with van der Waals surface area (Å²) < 4.78 is 24.2. The predicted octanol–water partition coefficient (Wildman–Crippen LogP) is 4.25. The number of methoxy groups -OCH3 is 2. The van der Waals surface area contributed by atoms with E-state index in [4.69, 9.17) is 14.6 Å². The van der Waals surface area contributed by atoms with Gasteiger partial charge in [0.25, 0.3) is 0 Å². The first kappa shape index (κ1) is 16.6. The van der Waals surface area contributed by atoms with Crippen LogP contribution in [0.15, 0.2) is 48.4 Å². The molecule has 0 atom stereocenters. The molecule has 0 amide bonds. The van der Waals surface area contributed by atoms with Crippen molar-refractivity contribution in [1.82, 2.24) is 4.98 Å². The van der Waals surface area contributed by atoms with Crippen LogP contribution in [0.4, 0.5) is 4.39 Å². The van der Waals surface area contributed by atoms with Gasteiger partial charge < -0.3 is 19.6 Å². The number of nitrogens with one attached hydrogen (secondary N) is 1. The van der Waals surface area contributed by atoms with Gasteiger partial charge in [0, 0.05) is 22.8 Å². The summed E-state index contributed by atoms with van der Waals surface area (Å²) in [5, 5.41) is 9.77. The zero-order chi connectivity index (χ0) is 18.0. The molecule has 128 valence electrons. The fourth-order valence-electron chi connectivity index (χ4n) is 2.68. The van der Waals surface area contributed by atoms with Crippen molar-refractivity contribution in [2.24, 2.45) is 0 Å². The molecule has 0 aliphatic rings. The summed E-state index contributed by atoms with van der Waals surface area (Å²) in [6.07, 6.45) is 2.76. The summed E-state index contributed by atoms with van der Waals surface area (Å²) >= 11 is 0. The summed E-state index contributed by atoms with van der Waals surface area (Å²) in [6, 6.07) is 11.1. The molecule has 0 bridgehead atoms. The van der Waals surface area contributed by atoms with Gasteiger partial charge in [0.1, 0.15) is 11.5 Å². The molecule has 0 aliphatic carbocycles. The molecule has 0 saturated heterocycles. The third-order valence-electron chi connectivity index (χ3n) is 3.90. The molecule has 1 aromatic heterocycles. The van der Waals surface area contributed by atoms with Gasteiger partial charge in [-0.15, -0.1) is 0 Å². The molecule has 0 fully saturated rings. The number of hydrogen-bond donors (Lipinski definition) is 2. The van der Waals surface area contributed by atoms with Gasteiger partial charge in [-0.25, -0.2) is 4.79 Å². The number of aliphatic carboxylic acids is 1. The highest BCUT2D eigenvalue weighted by atomic mass is 19.1. The lowest BCUT2D eigenvalue weighted by Gasteiger charge is -2.14. The number of hydrogen-bond acceptors (Lipinski definition) is 3. The monoisotopic (exact) mass is 341 g/mol. The summed E-state index contributed by atoms with van der Waals surface area (Å²) in [4.78, 5) is 13.9. The molecule has 2 N–H and O–H groups in total. The number of carboxylic acid groups (broad SMARTS) is 1. The van der Waals surface area contributed by atoms with E-state index in [0.717, 1.165) is 28.1 Å². The molecule has 5 nitrogen and oxygen atoms in total. The maximum absolute atomic E-state index is 13.5. The van der Waals surface area contributed by atoms with Crippen molar-refractivity contribution in [2.75, 3.05) is 14.2 Å². The number of ether oxygens (including phenoxy) is 2. The number of aromatic nitrogens is 1. The molecule has 0 unspecified atom stereocenters. The van der Waals surface area contributed by atoms with Gasteiger partial charge in [-0.2, -0.15) is 4.39 Å². The smallest absolute Gasteiger partial charge is 0.364 e. The second-order valence-electron chi connectivity index (χ2n) is 5.37. The Bertz CT molecular complexity index is 975. The molecule has 1 heterocycles. The average molecular weight is 341 g/mol. The predicted molar refractivity (Wildman–Crippen MR) is 93.6 cm³/mol. The van der Waals surface area contributed by atoms with Crippen molar-refractivity contribution >= 4 is 22.9 Å². The fraction of sp³-hybridized carbons (Fsp3) is 0.105. The van der Waals surface area contributed by atoms with Crippen molar-refractivity contribution in [2.45, 2.75) is 0 Å². The number of carboxylic acids is 1. The van der Waals surface area contributed by atoms with Crippen LogP contribution in [0, 0.1) is 0 Å². The average Bonchev–Trinajstić information content (AvgIpc) is 3.08. The highest BCUT2D eigenvalue weighted by Gasteiger charge is 2.15. The van der Waals surface area contributed by atoms with Crippen LogP contribution < -0.4 is 9.47 Å². The van der Waals surface area contributed by atoms with Crippen LogP contribution in [0.5, 0.6) is 11.5 Å². The van der Waals surface area contributed by atoms with Gasteiger partial charge in [0.05, 0.1) is 14.2 Å². The lowest BCUT2D eigenvalue weighted by atomic mass is 10.00. The maximum Gasteiger partial charge on any atom is 0.364 e. The van der Waals surface area contributed by atoms with Gasteiger partial charge in [-0.3, -0.25) is 0 Å². The Labute approximate surface area is 143 Å².